The number of amides is 3. The van der Waals surface area contributed by atoms with Crippen molar-refractivity contribution in [3.05, 3.63) is 69.7 Å². The van der Waals surface area contributed by atoms with Crippen LogP contribution in [0.5, 0.6) is 5.75 Å². The number of likely N-dealkylation sites (N-methyl/N-ethyl adjacent to an activating group) is 1. The number of aromatic nitrogens is 5. The fourth-order valence-electron chi connectivity index (χ4n) is 7.09. The third kappa shape index (κ3) is 7.61. The van der Waals surface area contributed by atoms with Gasteiger partial charge in [0.25, 0.3) is 11.5 Å². The van der Waals surface area contributed by atoms with Crippen LogP contribution in [0.25, 0.3) is 21.8 Å². The first-order chi connectivity index (χ1) is 25.6. The van der Waals surface area contributed by atoms with E-state index >= 15 is 0 Å². The number of rotatable bonds is 11. The molecule has 0 aliphatic carbocycles. The molecule has 2 aromatic carbocycles. The Morgan fingerprint density at radius 3 is 2.70 bits per heavy atom. The topological polar surface area (TPSA) is 177 Å². The van der Waals surface area contributed by atoms with Gasteiger partial charge < -0.3 is 30.2 Å². The maximum absolute atomic E-state index is 12.8. The van der Waals surface area contributed by atoms with Gasteiger partial charge in [0, 0.05) is 69.3 Å². The van der Waals surface area contributed by atoms with Gasteiger partial charge >= 0.3 is 0 Å². The zero-order valence-electron chi connectivity index (χ0n) is 29.7. The molecule has 3 amide bonds. The molecule has 0 saturated carbocycles. The van der Waals surface area contributed by atoms with Gasteiger partial charge in [-0.1, -0.05) is 11.6 Å². The number of nitrogens with zero attached hydrogens (tertiary/aromatic N) is 6. The number of imide groups is 1. The second-order valence-corrected chi connectivity index (χ2v) is 13.9. The summed E-state index contributed by atoms with van der Waals surface area (Å²) < 4.78 is 8.77. The Balaban J connectivity index is 0.987. The molecule has 2 aliphatic rings. The summed E-state index contributed by atoms with van der Waals surface area (Å²) in [7, 11) is 5.03. The van der Waals surface area contributed by atoms with Crippen molar-refractivity contribution in [3.63, 3.8) is 0 Å². The fraction of sp³-hybridized carbons (Fsp3) is 0.378. The molecular formula is C37H41ClN10O5. The van der Waals surface area contributed by atoms with Crippen molar-refractivity contribution < 1.29 is 19.1 Å². The fourth-order valence-corrected chi connectivity index (χ4v) is 7.23. The van der Waals surface area contributed by atoms with Crippen molar-refractivity contribution in [2.45, 2.75) is 38.0 Å². The number of nitrogens with one attached hydrogen (secondary N) is 4. The summed E-state index contributed by atoms with van der Waals surface area (Å²) in [5.74, 6) is 0.267. The SMILES string of the molecule is CNC(=O)COc1cc2cc(Nc3nc(N4CCC[C@@H](CCNc5ccc6c(C7CCC(=O)NC7=O)nn(C)c6c5)C4)ncc3Cl)ccc2n(C)c1=O. The number of fused-ring (bicyclic) bond motifs is 2. The minimum Gasteiger partial charge on any atom is -0.478 e. The number of ether oxygens (including phenoxy) is 1. The number of carbonyl (C=O) groups excluding carboxylic acids is 3. The molecule has 0 bridgehead atoms. The number of pyridine rings is 1. The van der Waals surface area contributed by atoms with Gasteiger partial charge in [0.2, 0.25) is 17.8 Å². The molecule has 1 unspecified atom stereocenters. The van der Waals surface area contributed by atoms with E-state index < -0.39 is 5.92 Å². The molecule has 2 aliphatic heterocycles. The second kappa shape index (κ2) is 15.1. The van der Waals surface area contributed by atoms with Crippen LogP contribution in [0.2, 0.25) is 5.02 Å². The molecule has 276 valence electrons. The number of piperidine rings is 2. The summed E-state index contributed by atoms with van der Waals surface area (Å²) in [5.41, 5.74) is 3.67. The number of hydrogen-bond acceptors (Lipinski definition) is 11. The molecule has 2 atom stereocenters. The van der Waals surface area contributed by atoms with Gasteiger partial charge in [0.05, 0.1) is 28.8 Å². The van der Waals surface area contributed by atoms with Crippen molar-refractivity contribution in [1.29, 1.82) is 0 Å². The summed E-state index contributed by atoms with van der Waals surface area (Å²) in [6.07, 6.45) is 5.44. The van der Waals surface area contributed by atoms with Crippen molar-refractivity contribution in [2.24, 2.45) is 20.0 Å². The second-order valence-electron chi connectivity index (χ2n) is 13.5. The number of hydrogen-bond donors (Lipinski definition) is 4. The third-order valence-electron chi connectivity index (χ3n) is 9.96. The van der Waals surface area contributed by atoms with Crippen molar-refractivity contribution in [1.82, 2.24) is 34.9 Å². The first-order valence-electron chi connectivity index (χ1n) is 17.6. The van der Waals surface area contributed by atoms with E-state index in [9.17, 15) is 19.2 Å². The standard InChI is InChI=1S/C37H41ClN10O5/c1-39-32(50)20-53-30-16-22-15-24(7-10-28(22)46(2)36(30)52)42-34-27(38)18-41-37(44-34)48-14-4-5-21(19-48)12-13-40-23-6-8-25-29(17-23)47(3)45-33(25)26-9-11-31(49)43-35(26)51/h6-8,10,15-18,21,26,40H,4-5,9,11-14,19-20H2,1-3H3,(H,39,50)(H,41,42,44)(H,43,49,51)/t21-,26?/m0/s1. The third-order valence-corrected chi connectivity index (χ3v) is 10.2. The van der Waals surface area contributed by atoms with Gasteiger partial charge in [-0.05, 0) is 74.1 Å². The lowest BCUT2D eigenvalue weighted by atomic mass is 9.93. The van der Waals surface area contributed by atoms with Gasteiger partial charge in [0.15, 0.2) is 18.2 Å². The molecule has 5 aromatic rings. The highest BCUT2D eigenvalue weighted by molar-refractivity contribution is 6.33. The monoisotopic (exact) mass is 740 g/mol. The highest BCUT2D eigenvalue weighted by atomic mass is 35.5. The van der Waals surface area contributed by atoms with E-state index in [4.69, 9.17) is 21.3 Å². The molecule has 4 N–H and O–H groups in total. The van der Waals surface area contributed by atoms with Crippen LogP contribution in [0.15, 0.2) is 53.5 Å². The molecule has 0 spiro atoms. The maximum atomic E-state index is 12.8. The van der Waals surface area contributed by atoms with Crippen LogP contribution in [0.3, 0.4) is 0 Å². The van der Waals surface area contributed by atoms with E-state index in [1.54, 1.807) is 24.0 Å². The molecule has 7 rings (SSSR count). The van der Waals surface area contributed by atoms with E-state index in [0.29, 0.717) is 52.4 Å². The van der Waals surface area contributed by atoms with E-state index in [1.165, 1.54) is 11.6 Å². The van der Waals surface area contributed by atoms with E-state index in [1.807, 2.05) is 37.4 Å². The average Bonchev–Trinajstić information content (AvgIpc) is 3.48. The molecule has 16 heteroatoms. The Morgan fingerprint density at radius 1 is 1.06 bits per heavy atom. The first kappa shape index (κ1) is 35.7. The molecule has 2 saturated heterocycles. The molecule has 15 nitrogen and oxygen atoms in total. The van der Waals surface area contributed by atoms with Gasteiger partial charge in [-0.15, -0.1) is 0 Å². The number of benzene rings is 2. The summed E-state index contributed by atoms with van der Waals surface area (Å²) in [4.78, 5) is 60.2. The molecule has 0 radical (unpaired) electrons. The van der Waals surface area contributed by atoms with Crippen LogP contribution >= 0.6 is 11.6 Å². The number of aryl methyl sites for hydroxylation is 2. The normalized spacial score (nSPS) is 17.5. The van der Waals surface area contributed by atoms with Gasteiger partial charge in [-0.3, -0.25) is 29.2 Å². The Bertz CT molecular complexity index is 2290. The maximum Gasteiger partial charge on any atom is 0.293 e. The number of carbonyl (C=O) groups is 3. The van der Waals surface area contributed by atoms with Crippen molar-refractivity contribution in [2.75, 3.05) is 48.8 Å². The predicted molar refractivity (Wildman–Crippen MR) is 203 cm³/mol. The summed E-state index contributed by atoms with van der Waals surface area (Å²) in [5, 5.41) is 18.5. The molecule has 53 heavy (non-hydrogen) atoms. The lowest BCUT2D eigenvalue weighted by Gasteiger charge is -2.33. The molecule has 3 aromatic heterocycles. The van der Waals surface area contributed by atoms with Gasteiger partial charge in [-0.25, -0.2) is 4.98 Å². The lowest BCUT2D eigenvalue weighted by Crippen LogP contribution is -2.39. The largest absolute Gasteiger partial charge is 0.478 e. The number of halogens is 1. The van der Waals surface area contributed by atoms with Crippen molar-refractivity contribution in [3.8, 4) is 5.75 Å². The molecular weight excluding hydrogens is 700 g/mol. The van der Waals surface area contributed by atoms with Gasteiger partial charge in [-0.2, -0.15) is 10.1 Å². The summed E-state index contributed by atoms with van der Waals surface area (Å²) in [6, 6.07) is 13.2. The summed E-state index contributed by atoms with van der Waals surface area (Å²) >= 11 is 6.56. The zero-order chi connectivity index (χ0) is 37.2. The Hall–Kier alpha value is -5.70. The lowest BCUT2D eigenvalue weighted by molar-refractivity contribution is -0.134. The summed E-state index contributed by atoms with van der Waals surface area (Å²) in [6.45, 7) is 2.16. The zero-order valence-corrected chi connectivity index (χ0v) is 30.5. The van der Waals surface area contributed by atoms with Crippen molar-refractivity contribution >= 4 is 74.3 Å². The van der Waals surface area contributed by atoms with Crippen LogP contribution in [-0.4, -0.2) is 75.3 Å². The highest BCUT2D eigenvalue weighted by Gasteiger charge is 2.31. The minimum atomic E-state index is -0.436. The van der Waals surface area contributed by atoms with Crippen LogP contribution in [0, 0.1) is 5.92 Å². The Kier molecular flexibility index (Phi) is 10.2. The van der Waals surface area contributed by atoms with E-state index in [0.717, 1.165) is 60.9 Å². The van der Waals surface area contributed by atoms with Gasteiger partial charge in [0.1, 0.15) is 5.02 Å². The first-order valence-corrected chi connectivity index (χ1v) is 18.0. The predicted octanol–water partition coefficient (Wildman–Crippen LogP) is 3.98. The average molecular weight is 741 g/mol. The minimum absolute atomic E-state index is 0.0769. The van der Waals surface area contributed by atoms with E-state index in [2.05, 4.69) is 42.3 Å². The van der Waals surface area contributed by atoms with E-state index in [-0.39, 0.29) is 35.6 Å². The Morgan fingerprint density at radius 2 is 1.89 bits per heavy atom. The Labute approximate surface area is 310 Å². The highest BCUT2D eigenvalue weighted by Crippen LogP contribution is 2.33. The molecule has 5 heterocycles. The van der Waals surface area contributed by atoms with Crippen LogP contribution < -0.4 is 36.5 Å². The molecule has 2 fully saturated rings. The van der Waals surface area contributed by atoms with Crippen LogP contribution in [-0.2, 0) is 28.5 Å². The van der Waals surface area contributed by atoms with Crippen LogP contribution in [0.4, 0.5) is 23.1 Å². The number of anilines is 4. The quantitative estimate of drug-likeness (QED) is 0.144. The van der Waals surface area contributed by atoms with Crippen LogP contribution in [0.1, 0.15) is 43.7 Å². The smallest absolute Gasteiger partial charge is 0.293 e.